The zero-order valence-corrected chi connectivity index (χ0v) is 13.9. The van der Waals surface area contributed by atoms with Crippen molar-refractivity contribution in [1.82, 2.24) is 5.32 Å². The average Bonchev–Trinajstić information content (AvgIpc) is 2.54. The summed E-state index contributed by atoms with van der Waals surface area (Å²) >= 11 is 0. The number of aliphatic hydroxyl groups is 1. The lowest BCUT2D eigenvalue weighted by Gasteiger charge is -2.31. The van der Waals surface area contributed by atoms with E-state index in [1.165, 1.54) is 12.1 Å². The van der Waals surface area contributed by atoms with E-state index in [0.29, 0.717) is 13.0 Å². The number of nitrogens with one attached hydrogen (secondary N) is 2. The topological polar surface area (TPSA) is 78.4 Å². The van der Waals surface area contributed by atoms with E-state index in [2.05, 4.69) is 10.6 Å². The van der Waals surface area contributed by atoms with Crippen molar-refractivity contribution < 1.29 is 19.1 Å². The third-order valence-corrected chi connectivity index (χ3v) is 4.34. The van der Waals surface area contributed by atoms with E-state index < -0.39 is 17.6 Å². The number of aryl methyl sites for hydroxylation is 1. The van der Waals surface area contributed by atoms with Crippen molar-refractivity contribution in [2.45, 2.75) is 40.0 Å². The number of rotatable bonds is 7. The maximum atomic E-state index is 13.6. The summed E-state index contributed by atoms with van der Waals surface area (Å²) in [7, 11) is 0. The Morgan fingerprint density at radius 1 is 1.22 bits per heavy atom. The van der Waals surface area contributed by atoms with Crippen LogP contribution in [0.2, 0.25) is 0 Å². The molecule has 0 aliphatic heterocycles. The van der Waals surface area contributed by atoms with Crippen LogP contribution >= 0.6 is 0 Å². The van der Waals surface area contributed by atoms with Gasteiger partial charge < -0.3 is 15.7 Å². The molecule has 1 aromatic carbocycles. The van der Waals surface area contributed by atoms with Gasteiger partial charge in [0.2, 0.25) is 0 Å². The van der Waals surface area contributed by atoms with E-state index in [4.69, 9.17) is 5.11 Å². The van der Waals surface area contributed by atoms with Crippen LogP contribution in [0.5, 0.6) is 0 Å². The molecule has 0 unspecified atom stereocenters. The van der Waals surface area contributed by atoms with Gasteiger partial charge in [-0.3, -0.25) is 9.59 Å². The molecule has 6 heteroatoms. The van der Waals surface area contributed by atoms with Crippen LogP contribution in [0.25, 0.3) is 0 Å². The van der Waals surface area contributed by atoms with Crippen molar-refractivity contribution in [3.8, 4) is 0 Å². The van der Waals surface area contributed by atoms with Gasteiger partial charge in [-0.25, -0.2) is 4.39 Å². The molecule has 0 bridgehead atoms. The highest BCUT2D eigenvalue weighted by Crippen LogP contribution is 2.29. The lowest BCUT2D eigenvalue weighted by molar-refractivity contribution is -0.136. The first kappa shape index (κ1) is 19.1. The minimum absolute atomic E-state index is 0.0160. The summed E-state index contributed by atoms with van der Waals surface area (Å²) in [6.07, 6.45) is 2.10. The minimum Gasteiger partial charge on any atom is -0.396 e. The molecule has 128 valence electrons. The van der Waals surface area contributed by atoms with Crippen LogP contribution in [0.4, 0.5) is 10.1 Å². The third-order valence-electron chi connectivity index (χ3n) is 4.34. The van der Waals surface area contributed by atoms with E-state index in [9.17, 15) is 14.0 Å². The first-order valence-corrected chi connectivity index (χ1v) is 7.83. The fourth-order valence-electron chi connectivity index (χ4n) is 2.44. The highest BCUT2D eigenvalue weighted by atomic mass is 19.1. The lowest BCUT2D eigenvalue weighted by atomic mass is 9.79. The van der Waals surface area contributed by atoms with Crippen molar-refractivity contribution in [2.24, 2.45) is 5.41 Å². The molecule has 0 radical (unpaired) electrons. The summed E-state index contributed by atoms with van der Waals surface area (Å²) in [6.45, 7) is 6.04. The molecular weight excluding hydrogens is 299 g/mol. The maximum Gasteiger partial charge on any atom is 0.313 e. The summed E-state index contributed by atoms with van der Waals surface area (Å²) in [5.41, 5.74) is 0.526. The van der Waals surface area contributed by atoms with Gasteiger partial charge >= 0.3 is 11.8 Å². The summed E-state index contributed by atoms with van der Waals surface area (Å²) in [4.78, 5) is 23.8. The molecule has 23 heavy (non-hydrogen) atoms. The molecule has 0 saturated carbocycles. The standard InChI is InChI=1S/C17H25FN2O3/c1-4-17(5-2,8-9-21)11-19-15(22)16(23)20-14-10-12(3)6-7-13(14)18/h6-7,10,21H,4-5,8-9,11H2,1-3H3,(H,19,22)(H,20,23). The van der Waals surface area contributed by atoms with E-state index in [1.54, 1.807) is 13.0 Å². The number of benzene rings is 1. The largest absolute Gasteiger partial charge is 0.396 e. The van der Waals surface area contributed by atoms with Gasteiger partial charge in [-0.05, 0) is 49.3 Å². The molecule has 3 N–H and O–H groups in total. The number of hydrogen-bond acceptors (Lipinski definition) is 3. The fraction of sp³-hybridized carbons (Fsp3) is 0.529. The van der Waals surface area contributed by atoms with Crippen molar-refractivity contribution in [2.75, 3.05) is 18.5 Å². The number of aliphatic hydroxyl groups excluding tert-OH is 1. The zero-order valence-electron chi connectivity index (χ0n) is 13.9. The second-order valence-electron chi connectivity index (χ2n) is 5.80. The monoisotopic (exact) mass is 324 g/mol. The predicted octanol–water partition coefficient (Wildman–Crippen LogP) is 2.38. The Kier molecular flexibility index (Phi) is 7.16. The second kappa shape index (κ2) is 8.62. The van der Waals surface area contributed by atoms with Crippen LogP contribution in [0, 0.1) is 18.2 Å². The molecule has 0 atom stereocenters. The molecule has 0 fully saturated rings. The smallest absolute Gasteiger partial charge is 0.313 e. The fourth-order valence-corrected chi connectivity index (χ4v) is 2.44. The van der Waals surface area contributed by atoms with Gasteiger partial charge in [-0.1, -0.05) is 19.9 Å². The molecule has 1 rings (SSSR count). The number of amides is 2. The lowest BCUT2D eigenvalue weighted by Crippen LogP contribution is -2.42. The van der Waals surface area contributed by atoms with E-state index in [1.807, 2.05) is 13.8 Å². The van der Waals surface area contributed by atoms with Crippen LogP contribution in [-0.2, 0) is 9.59 Å². The Hall–Kier alpha value is -1.95. The van der Waals surface area contributed by atoms with Crippen molar-refractivity contribution in [3.63, 3.8) is 0 Å². The van der Waals surface area contributed by atoms with Crippen LogP contribution < -0.4 is 10.6 Å². The van der Waals surface area contributed by atoms with Crippen LogP contribution in [0.15, 0.2) is 18.2 Å². The summed E-state index contributed by atoms with van der Waals surface area (Å²) < 4.78 is 13.6. The quantitative estimate of drug-likeness (QED) is 0.674. The SMILES string of the molecule is CCC(CC)(CCO)CNC(=O)C(=O)Nc1cc(C)ccc1F. The highest BCUT2D eigenvalue weighted by Gasteiger charge is 2.27. The first-order valence-electron chi connectivity index (χ1n) is 7.83. The molecule has 2 amide bonds. The Labute approximate surface area is 136 Å². The average molecular weight is 324 g/mol. The number of carbonyl (C=O) groups is 2. The molecule has 0 saturated heterocycles. The molecular formula is C17H25FN2O3. The zero-order chi connectivity index (χ0) is 17.5. The van der Waals surface area contributed by atoms with Gasteiger partial charge in [0.25, 0.3) is 0 Å². The molecule has 0 heterocycles. The van der Waals surface area contributed by atoms with Crippen molar-refractivity contribution in [3.05, 3.63) is 29.6 Å². The van der Waals surface area contributed by atoms with Gasteiger partial charge in [0.05, 0.1) is 5.69 Å². The Balaban J connectivity index is 2.67. The van der Waals surface area contributed by atoms with E-state index >= 15 is 0 Å². The van der Waals surface area contributed by atoms with Crippen LogP contribution in [0.1, 0.15) is 38.7 Å². The second-order valence-corrected chi connectivity index (χ2v) is 5.80. The number of halogens is 1. The summed E-state index contributed by atoms with van der Waals surface area (Å²) in [6, 6.07) is 4.29. The molecule has 0 aromatic heterocycles. The molecule has 0 aliphatic rings. The Bertz CT molecular complexity index is 557. The van der Waals surface area contributed by atoms with E-state index in [0.717, 1.165) is 18.4 Å². The van der Waals surface area contributed by atoms with Gasteiger partial charge in [0, 0.05) is 13.2 Å². The number of anilines is 1. The van der Waals surface area contributed by atoms with Crippen molar-refractivity contribution in [1.29, 1.82) is 0 Å². The van der Waals surface area contributed by atoms with Gasteiger partial charge in [-0.2, -0.15) is 0 Å². The minimum atomic E-state index is -0.903. The Morgan fingerprint density at radius 3 is 2.43 bits per heavy atom. The van der Waals surface area contributed by atoms with Gasteiger partial charge in [-0.15, -0.1) is 0 Å². The maximum absolute atomic E-state index is 13.6. The van der Waals surface area contributed by atoms with Crippen LogP contribution in [0.3, 0.4) is 0 Å². The predicted molar refractivity (Wildman–Crippen MR) is 87.5 cm³/mol. The summed E-state index contributed by atoms with van der Waals surface area (Å²) in [5.74, 6) is -2.30. The molecule has 0 aliphatic carbocycles. The van der Waals surface area contributed by atoms with Crippen LogP contribution in [-0.4, -0.2) is 30.1 Å². The van der Waals surface area contributed by atoms with E-state index in [-0.39, 0.29) is 17.7 Å². The molecule has 1 aromatic rings. The van der Waals surface area contributed by atoms with Gasteiger partial charge in [0.1, 0.15) is 5.82 Å². The van der Waals surface area contributed by atoms with Crippen molar-refractivity contribution >= 4 is 17.5 Å². The normalized spacial score (nSPS) is 11.2. The first-order chi connectivity index (χ1) is 10.9. The molecule has 5 nitrogen and oxygen atoms in total. The number of hydrogen-bond donors (Lipinski definition) is 3. The Morgan fingerprint density at radius 2 is 1.87 bits per heavy atom. The summed E-state index contributed by atoms with van der Waals surface area (Å²) in [5, 5.41) is 14.0. The number of carbonyl (C=O) groups excluding carboxylic acids is 2. The molecule has 0 spiro atoms. The third kappa shape index (κ3) is 5.32. The van der Waals surface area contributed by atoms with Gasteiger partial charge in [0.15, 0.2) is 0 Å². The highest BCUT2D eigenvalue weighted by molar-refractivity contribution is 6.39.